The first-order valence-corrected chi connectivity index (χ1v) is 11.3. The van der Waals surface area contributed by atoms with Crippen LogP contribution in [-0.4, -0.2) is 30.7 Å². The SMILES string of the molecule is COc1cc(-c2ncnc3cc(S(=O)(=O)Cc4ccon4)ccc23)c(C)cc1I. The highest BCUT2D eigenvalue weighted by Crippen LogP contribution is 2.34. The summed E-state index contributed by atoms with van der Waals surface area (Å²) in [5.74, 6) is 0.519. The van der Waals surface area contributed by atoms with Gasteiger partial charge in [-0.15, -0.1) is 0 Å². The van der Waals surface area contributed by atoms with Gasteiger partial charge in [0.25, 0.3) is 0 Å². The van der Waals surface area contributed by atoms with Crippen LogP contribution in [0.1, 0.15) is 11.3 Å². The summed E-state index contributed by atoms with van der Waals surface area (Å²) in [7, 11) is -1.95. The molecule has 2 aromatic heterocycles. The molecule has 0 aliphatic carbocycles. The molecule has 0 aliphatic rings. The molecule has 0 saturated carbocycles. The van der Waals surface area contributed by atoms with Gasteiger partial charge in [-0.05, 0) is 65.4 Å². The quantitative estimate of drug-likeness (QED) is 0.364. The first-order valence-electron chi connectivity index (χ1n) is 8.60. The van der Waals surface area contributed by atoms with E-state index < -0.39 is 9.84 Å². The second-order valence-electron chi connectivity index (χ2n) is 6.45. The van der Waals surface area contributed by atoms with Crippen molar-refractivity contribution in [2.45, 2.75) is 17.6 Å². The van der Waals surface area contributed by atoms with Gasteiger partial charge in [-0.25, -0.2) is 18.4 Å². The lowest BCUT2D eigenvalue weighted by Gasteiger charge is -2.12. The third kappa shape index (κ3) is 3.84. The Balaban J connectivity index is 1.82. The van der Waals surface area contributed by atoms with E-state index in [2.05, 4.69) is 37.7 Å². The van der Waals surface area contributed by atoms with Crippen molar-refractivity contribution in [2.75, 3.05) is 7.11 Å². The number of fused-ring (bicyclic) bond motifs is 1. The van der Waals surface area contributed by atoms with Crippen molar-refractivity contribution in [1.29, 1.82) is 0 Å². The number of hydrogen-bond acceptors (Lipinski definition) is 7. The van der Waals surface area contributed by atoms with Crippen molar-refractivity contribution in [3.63, 3.8) is 0 Å². The van der Waals surface area contributed by atoms with Crippen LogP contribution in [0.5, 0.6) is 5.75 Å². The summed E-state index contributed by atoms with van der Waals surface area (Å²) in [6.45, 7) is 2.00. The molecule has 4 rings (SSSR count). The standard InChI is InChI=1S/C20H16IN3O4S/c1-12-7-17(21)19(27-2)9-16(12)20-15-4-3-14(8-18(15)22-11-23-20)29(25,26)10-13-5-6-28-24-13/h3-9,11H,10H2,1-2H3. The van der Waals surface area contributed by atoms with Crippen LogP contribution in [0.15, 0.2) is 58.4 Å². The number of benzene rings is 2. The normalized spacial score (nSPS) is 11.7. The topological polar surface area (TPSA) is 95.2 Å². The Kier molecular flexibility index (Phi) is 5.26. The smallest absolute Gasteiger partial charge is 0.184 e. The van der Waals surface area contributed by atoms with E-state index in [9.17, 15) is 8.42 Å². The van der Waals surface area contributed by atoms with Crippen molar-refractivity contribution in [3.05, 3.63) is 63.8 Å². The van der Waals surface area contributed by atoms with Crippen molar-refractivity contribution in [3.8, 4) is 17.0 Å². The van der Waals surface area contributed by atoms with E-state index in [-0.39, 0.29) is 10.6 Å². The van der Waals surface area contributed by atoms with Gasteiger partial charge in [0.05, 0.1) is 32.5 Å². The highest BCUT2D eigenvalue weighted by molar-refractivity contribution is 14.1. The molecule has 0 atom stereocenters. The Morgan fingerprint density at radius 2 is 1.97 bits per heavy atom. The van der Waals surface area contributed by atoms with Crippen LogP contribution in [0.4, 0.5) is 0 Å². The number of methoxy groups -OCH3 is 1. The molecule has 7 nitrogen and oxygen atoms in total. The zero-order chi connectivity index (χ0) is 20.6. The molecular weight excluding hydrogens is 505 g/mol. The summed E-state index contributed by atoms with van der Waals surface area (Å²) in [4.78, 5) is 8.92. The predicted molar refractivity (Wildman–Crippen MR) is 116 cm³/mol. The second kappa shape index (κ2) is 7.71. The summed E-state index contributed by atoms with van der Waals surface area (Å²) >= 11 is 2.23. The van der Waals surface area contributed by atoms with Crippen LogP contribution in [0, 0.1) is 10.5 Å². The van der Waals surface area contributed by atoms with E-state index in [1.807, 2.05) is 19.1 Å². The van der Waals surface area contributed by atoms with Gasteiger partial charge in [-0.3, -0.25) is 0 Å². The fraction of sp³-hybridized carbons (Fsp3) is 0.150. The molecule has 0 N–H and O–H groups in total. The van der Waals surface area contributed by atoms with Crippen molar-refractivity contribution >= 4 is 43.3 Å². The molecule has 0 bridgehead atoms. The summed E-state index contributed by atoms with van der Waals surface area (Å²) in [6.07, 6.45) is 2.79. The monoisotopic (exact) mass is 521 g/mol. The lowest BCUT2D eigenvalue weighted by atomic mass is 10.0. The van der Waals surface area contributed by atoms with Gasteiger partial charge in [0.2, 0.25) is 0 Å². The average Bonchev–Trinajstić information content (AvgIpc) is 3.20. The molecular formula is C20H16IN3O4S. The maximum Gasteiger partial charge on any atom is 0.184 e. The number of aryl methyl sites for hydroxylation is 1. The number of ether oxygens (including phenoxy) is 1. The van der Waals surface area contributed by atoms with E-state index in [1.54, 1.807) is 25.3 Å². The molecule has 148 valence electrons. The minimum atomic E-state index is -3.58. The molecule has 4 aromatic rings. The largest absolute Gasteiger partial charge is 0.496 e. The molecule has 0 fully saturated rings. The van der Waals surface area contributed by atoms with Gasteiger partial charge in [0.1, 0.15) is 24.1 Å². The lowest BCUT2D eigenvalue weighted by molar-refractivity contribution is 0.412. The fourth-order valence-electron chi connectivity index (χ4n) is 3.10. The molecule has 0 aliphatic heterocycles. The van der Waals surface area contributed by atoms with Crippen LogP contribution < -0.4 is 4.74 Å². The van der Waals surface area contributed by atoms with Crippen molar-refractivity contribution in [1.82, 2.24) is 15.1 Å². The number of nitrogens with zero attached hydrogens (tertiary/aromatic N) is 3. The Morgan fingerprint density at radius 1 is 1.14 bits per heavy atom. The molecule has 2 aromatic carbocycles. The Bertz CT molecular complexity index is 1310. The van der Waals surface area contributed by atoms with Gasteiger partial charge >= 0.3 is 0 Å². The van der Waals surface area contributed by atoms with E-state index in [0.717, 1.165) is 31.5 Å². The van der Waals surface area contributed by atoms with Gasteiger partial charge in [0, 0.05) is 17.0 Å². The Labute approximate surface area is 181 Å². The van der Waals surface area contributed by atoms with E-state index in [4.69, 9.17) is 9.26 Å². The van der Waals surface area contributed by atoms with E-state index >= 15 is 0 Å². The maximum absolute atomic E-state index is 12.7. The summed E-state index contributed by atoms with van der Waals surface area (Å²) in [6, 6.07) is 10.4. The highest BCUT2D eigenvalue weighted by atomic mass is 127. The van der Waals surface area contributed by atoms with E-state index in [0.29, 0.717) is 11.2 Å². The van der Waals surface area contributed by atoms with Gasteiger partial charge in [-0.1, -0.05) is 5.16 Å². The molecule has 0 amide bonds. The molecule has 9 heteroatoms. The Hall–Kier alpha value is -2.53. The first kappa shape index (κ1) is 19.8. The van der Waals surface area contributed by atoms with Crippen LogP contribution in [0.3, 0.4) is 0 Å². The van der Waals surface area contributed by atoms with Crippen LogP contribution in [-0.2, 0) is 15.6 Å². The predicted octanol–water partition coefficient (Wildman–Crippen LogP) is 4.18. The third-order valence-corrected chi connectivity index (χ3v) is 7.04. The highest BCUT2D eigenvalue weighted by Gasteiger charge is 2.19. The molecule has 29 heavy (non-hydrogen) atoms. The summed E-state index contributed by atoms with van der Waals surface area (Å²) < 4.78 is 36.6. The van der Waals surface area contributed by atoms with Crippen molar-refractivity contribution < 1.29 is 17.7 Å². The number of hydrogen-bond donors (Lipinski definition) is 0. The van der Waals surface area contributed by atoms with Gasteiger partial charge < -0.3 is 9.26 Å². The van der Waals surface area contributed by atoms with Crippen LogP contribution >= 0.6 is 22.6 Å². The third-order valence-electron chi connectivity index (χ3n) is 4.55. The van der Waals surface area contributed by atoms with Crippen molar-refractivity contribution in [2.24, 2.45) is 0 Å². The minimum absolute atomic E-state index is 0.176. The number of rotatable bonds is 5. The first-order chi connectivity index (χ1) is 13.9. The van der Waals surface area contributed by atoms with Crippen LogP contribution in [0.2, 0.25) is 0 Å². The second-order valence-corrected chi connectivity index (χ2v) is 9.60. The molecule has 0 saturated heterocycles. The minimum Gasteiger partial charge on any atom is -0.496 e. The zero-order valence-electron chi connectivity index (χ0n) is 15.6. The fourth-order valence-corrected chi connectivity index (χ4v) is 5.21. The van der Waals surface area contributed by atoms with E-state index in [1.165, 1.54) is 18.7 Å². The van der Waals surface area contributed by atoms with Gasteiger partial charge in [0.15, 0.2) is 9.84 Å². The zero-order valence-corrected chi connectivity index (χ0v) is 18.6. The number of aromatic nitrogens is 3. The average molecular weight is 521 g/mol. The molecule has 0 radical (unpaired) electrons. The number of halogens is 1. The lowest BCUT2D eigenvalue weighted by Crippen LogP contribution is -2.05. The molecule has 2 heterocycles. The molecule has 0 spiro atoms. The summed E-state index contributed by atoms with van der Waals surface area (Å²) in [5, 5.41) is 4.45. The maximum atomic E-state index is 12.7. The van der Waals surface area contributed by atoms with Gasteiger partial charge in [-0.2, -0.15) is 0 Å². The number of sulfone groups is 1. The van der Waals surface area contributed by atoms with Crippen LogP contribution in [0.25, 0.3) is 22.2 Å². The molecule has 0 unspecified atom stereocenters. The summed E-state index contributed by atoms with van der Waals surface area (Å²) in [5.41, 5.74) is 3.58. The Morgan fingerprint density at radius 3 is 2.69 bits per heavy atom.